The lowest BCUT2D eigenvalue weighted by atomic mass is 9.84. The van der Waals surface area contributed by atoms with Crippen molar-refractivity contribution < 1.29 is 5.11 Å². The molecule has 0 amide bonds. The van der Waals surface area contributed by atoms with Gasteiger partial charge in [0.05, 0.1) is 6.10 Å². The van der Waals surface area contributed by atoms with Gasteiger partial charge < -0.3 is 5.11 Å². The third-order valence-corrected chi connectivity index (χ3v) is 4.49. The van der Waals surface area contributed by atoms with Gasteiger partial charge in [0.2, 0.25) is 0 Å². The zero-order chi connectivity index (χ0) is 12.0. The lowest BCUT2D eigenvalue weighted by molar-refractivity contribution is 0.177. The first-order chi connectivity index (χ1) is 8.15. The Labute approximate surface area is 128 Å². The van der Waals surface area contributed by atoms with Crippen molar-refractivity contribution >= 4 is 45.2 Å². The van der Waals surface area contributed by atoms with Crippen LogP contribution in [-0.2, 0) is 6.42 Å². The molecule has 0 aliphatic heterocycles. The van der Waals surface area contributed by atoms with Crippen molar-refractivity contribution in [2.75, 3.05) is 0 Å². The predicted octanol–water partition coefficient (Wildman–Crippen LogP) is 4.15. The van der Waals surface area contributed by atoms with Crippen LogP contribution < -0.4 is 0 Å². The van der Waals surface area contributed by atoms with Crippen LogP contribution in [0.15, 0.2) is 36.4 Å². The second-order valence-corrected chi connectivity index (χ2v) is 6.74. The van der Waals surface area contributed by atoms with Gasteiger partial charge in [-0.05, 0) is 91.7 Å². The van der Waals surface area contributed by atoms with Crippen molar-refractivity contribution in [2.24, 2.45) is 0 Å². The van der Waals surface area contributed by atoms with Gasteiger partial charge in [-0.25, -0.2) is 0 Å². The van der Waals surface area contributed by atoms with Gasteiger partial charge in [-0.1, -0.05) is 12.1 Å². The number of hydrogen-bond acceptors (Lipinski definition) is 1. The van der Waals surface area contributed by atoms with Gasteiger partial charge >= 0.3 is 0 Å². The molecule has 0 saturated heterocycles. The molecule has 0 bridgehead atoms. The van der Waals surface area contributed by atoms with Crippen molar-refractivity contribution in [3.8, 4) is 11.1 Å². The molecule has 0 radical (unpaired) electrons. The average molecular weight is 448 g/mol. The Balaban J connectivity index is 2.26. The topological polar surface area (TPSA) is 20.2 Å². The average Bonchev–Trinajstić information content (AvgIpc) is 2.29. The molecule has 0 aromatic heterocycles. The molecule has 1 aliphatic rings. The summed E-state index contributed by atoms with van der Waals surface area (Å²) in [5.41, 5.74) is 4.75. The maximum Gasteiger partial charge on any atom is 0.0836 e. The third-order valence-electron chi connectivity index (χ3n) is 3.14. The van der Waals surface area contributed by atoms with E-state index in [2.05, 4.69) is 81.6 Å². The zero-order valence-electron chi connectivity index (χ0n) is 8.95. The largest absolute Gasteiger partial charge is 0.388 e. The van der Waals surface area contributed by atoms with Gasteiger partial charge in [0, 0.05) is 13.6 Å². The number of aliphatic hydroxyl groups is 1. The third kappa shape index (κ3) is 2.13. The Kier molecular flexibility index (Phi) is 3.16. The summed E-state index contributed by atoms with van der Waals surface area (Å²) in [5, 5.41) is 10.2. The molecule has 0 fully saturated rings. The van der Waals surface area contributed by atoms with Crippen LogP contribution in [0.1, 0.15) is 17.2 Å². The van der Waals surface area contributed by atoms with Crippen molar-refractivity contribution in [1.29, 1.82) is 0 Å². The molecule has 1 aliphatic carbocycles. The zero-order valence-corrected chi connectivity index (χ0v) is 13.3. The van der Waals surface area contributed by atoms with E-state index in [4.69, 9.17) is 0 Å². The van der Waals surface area contributed by atoms with Gasteiger partial charge in [-0.3, -0.25) is 0 Å². The van der Waals surface area contributed by atoms with Crippen molar-refractivity contribution in [1.82, 2.24) is 0 Å². The minimum Gasteiger partial charge on any atom is -0.388 e. The fourth-order valence-electron chi connectivity index (χ4n) is 2.37. The summed E-state index contributed by atoms with van der Waals surface area (Å²) in [6, 6.07) is 12.7. The quantitative estimate of drug-likeness (QED) is 0.601. The van der Waals surface area contributed by atoms with E-state index in [1.165, 1.54) is 23.8 Å². The molecule has 3 rings (SSSR count). The number of fused-ring (bicyclic) bond motifs is 3. The lowest BCUT2D eigenvalue weighted by Gasteiger charge is -2.24. The Morgan fingerprint density at radius 3 is 2.35 bits per heavy atom. The van der Waals surface area contributed by atoms with E-state index in [9.17, 15) is 5.11 Å². The number of hydrogen-bond donors (Lipinski definition) is 1. The van der Waals surface area contributed by atoms with E-state index in [0.29, 0.717) is 0 Å². The van der Waals surface area contributed by atoms with E-state index >= 15 is 0 Å². The van der Waals surface area contributed by atoms with Gasteiger partial charge in [0.1, 0.15) is 0 Å². The first-order valence-corrected chi connectivity index (χ1v) is 7.57. The Morgan fingerprint density at radius 2 is 1.59 bits per heavy atom. The molecular formula is C14H10I2O. The smallest absolute Gasteiger partial charge is 0.0836 e. The highest BCUT2D eigenvalue weighted by Crippen LogP contribution is 2.39. The summed E-state index contributed by atoms with van der Waals surface area (Å²) in [5.74, 6) is 0. The van der Waals surface area contributed by atoms with Gasteiger partial charge in [-0.2, -0.15) is 0 Å². The molecule has 1 nitrogen and oxygen atoms in total. The summed E-state index contributed by atoms with van der Waals surface area (Å²) >= 11 is 4.60. The minimum atomic E-state index is -0.370. The predicted molar refractivity (Wildman–Crippen MR) is 86.0 cm³/mol. The molecule has 0 spiro atoms. The molecule has 86 valence electrons. The number of benzene rings is 2. The second kappa shape index (κ2) is 4.51. The summed E-state index contributed by atoms with van der Waals surface area (Å²) in [7, 11) is 0. The summed E-state index contributed by atoms with van der Waals surface area (Å²) in [4.78, 5) is 0. The molecular weight excluding hydrogens is 438 g/mol. The first-order valence-electron chi connectivity index (χ1n) is 5.41. The molecule has 2 aromatic rings. The maximum atomic E-state index is 10.2. The van der Waals surface area contributed by atoms with Crippen LogP contribution in [0.3, 0.4) is 0 Å². The minimum absolute atomic E-state index is 0.370. The summed E-state index contributed by atoms with van der Waals surface area (Å²) in [6.07, 6.45) is 0.352. The monoisotopic (exact) mass is 448 g/mol. The molecule has 0 heterocycles. The fraction of sp³-hybridized carbons (Fsp3) is 0.143. The van der Waals surface area contributed by atoms with E-state index in [-0.39, 0.29) is 6.10 Å². The molecule has 1 atom stereocenters. The lowest BCUT2D eigenvalue weighted by Crippen LogP contribution is -2.11. The number of rotatable bonds is 0. The molecule has 1 unspecified atom stereocenters. The highest BCUT2D eigenvalue weighted by molar-refractivity contribution is 14.1. The molecule has 3 heteroatoms. The molecule has 17 heavy (non-hydrogen) atoms. The fourth-order valence-corrected chi connectivity index (χ4v) is 3.44. The first kappa shape index (κ1) is 11.9. The number of aliphatic hydroxyl groups excluding tert-OH is 1. The van der Waals surface area contributed by atoms with Crippen molar-refractivity contribution in [2.45, 2.75) is 12.5 Å². The summed E-state index contributed by atoms with van der Waals surface area (Å²) < 4.78 is 2.40. The molecule has 0 saturated carbocycles. The van der Waals surface area contributed by atoms with E-state index in [1.807, 2.05) is 0 Å². The normalized spacial score (nSPS) is 17.5. The van der Waals surface area contributed by atoms with Gasteiger partial charge in [0.25, 0.3) is 0 Å². The van der Waals surface area contributed by atoms with Crippen LogP contribution in [0.25, 0.3) is 11.1 Å². The maximum absolute atomic E-state index is 10.2. The highest BCUT2D eigenvalue weighted by Gasteiger charge is 2.23. The second-order valence-electron chi connectivity index (χ2n) is 4.25. The van der Waals surface area contributed by atoms with Gasteiger partial charge in [-0.15, -0.1) is 0 Å². The van der Waals surface area contributed by atoms with Crippen LogP contribution in [0.2, 0.25) is 0 Å². The van der Waals surface area contributed by atoms with Crippen LogP contribution in [0, 0.1) is 7.14 Å². The highest BCUT2D eigenvalue weighted by atomic mass is 127. The van der Waals surface area contributed by atoms with Gasteiger partial charge in [0.15, 0.2) is 0 Å². The molecule has 2 aromatic carbocycles. The Hall–Kier alpha value is -0.140. The van der Waals surface area contributed by atoms with E-state index < -0.39 is 0 Å². The van der Waals surface area contributed by atoms with Crippen LogP contribution >= 0.6 is 45.2 Å². The van der Waals surface area contributed by atoms with E-state index in [0.717, 1.165) is 12.0 Å². The summed E-state index contributed by atoms with van der Waals surface area (Å²) in [6.45, 7) is 0. The van der Waals surface area contributed by atoms with Crippen LogP contribution in [0.5, 0.6) is 0 Å². The SMILES string of the molecule is OC1Cc2cc(I)ccc2-c2ccc(I)cc21. The van der Waals surface area contributed by atoms with Crippen LogP contribution in [0.4, 0.5) is 0 Å². The van der Waals surface area contributed by atoms with Crippen molar-refractivity contribution in [3.63, 3.8) is 0 Å². The van der Waals surface area contributed by atoms with E-state index in [1.54, 1.807) is 0 Å². The Bertz CT molecular complexity index is 593. The van der Waals surface area contributed by atoms with Crippen molar-refractivity contribution in [3.05, 3.63) is 54.7 Å². The molecule has 1 N–H and O–H groups in total. The standard InChI is InChI=1S/C14H10I2O/c15-9-1-3-11-8(5-9)6-14(17)13-7-10(16)2-4-12(11)13/h1-5,7,14,17H,6H2. The Morgan fingerprint density at radius 1 is 0.941 bits per heavy atom. The van der Waals surface area contributed by atoms with Crippen LogP contribution in [-0.4, -0.2) is 5.11 Å². The number of halogens is 2.